The Balaban J connectivity index is 1.83. The van der Waals surface area contributed by atoms with Crippen LogP contribution in [0.25, 0.3) is 0 Å². The molecule has 9 heteroatoms. The van der Waals surface area contributed by atoms with Crippen LogP contribution >= 0.6 is 11.8 Å². The standard InChI is InChI=1S/C26H32N2O6S/c1-8-15-14-35-22-18(21(30)28(22)19(15)24(32)34-26(5,6)7)27-20(29)17(16-12-10-9-11-13-16)23(31)33-25(2,3)4/h8-13,17-18,22H,1,14H2,2-7H3,(H,27,29)/t17?,18-,22+/m1/s1. The second-order valence-electron chi connectivity index (χ2n) is 10.4. The lowest BCUT2D eigenvalue weighted by Crippen LogP contribution is -2.71. The van der Waals surface area contributed by atoms with Crippen LogP contribution in [0.4, 0.5) is 0 Å². The number of nitrogens with one attached hydrogen (secondary N) is 1. The van der Waals surface area contributed by atoms with E-state index in [0.717, 1.165) is 0 Å². The Kier molecular flexibility index (Phi) is 7.50. The molecule has 1 saturated heterocycles. The highest BCUT2D eigenvalue weighted by Gasteiger charge is 2.55. The summed E-state index contributed by atoms with van der Waals surface area (Å²) >= 11 is 1.40. The molecule has 8 nitrogen and oxygen atoms in total. The predicted octanol–water partition coefficient (Wildman–Crippen LogP) is 3.29. The molecule has 0 aromatic heterocycles. The minimum atomic E-state index is -1.24. The van der Waals surface area contributed by atoms with Crippen molar-refractivity contribution >= 4 is 35.5 Å². The number of amides is 2. The van der Waals surface area contributed by atoms with E-state index < -0.39 is 52.3 Å². The average Bonchev–Trinajstić information content (AvgIpc) is 2.74. The van der Waals surface area contributed by atoms with E-state index in [0.29, 0.717) is 16.9 Å². The van der Waals surface area contributed by atoms with Crippen molar-refractivity contribution in [3.05, 3.63) is 59.8 Å². The third-order valence-corrected chi connectivity index (χ3v) is 6.47. The van der Waals surface area contributed by atoms with Crippen molar-refractivity contribution in [2.24, 2.45) is 0 Å². The zero-order chi connectivity index (χ0) is 26.1. The zero-order valence-corrected chi connectivity index (χ0v) is 21.7. The highest BCUT2D eigenvalue weighted by molar-refractivity contribution is 8.00. The van der Waals surface area contributed by atoms with Gasteiger partial charge in [-0.15, -0.1) is 11.8 Å². The Hall–Kier alpha value is -3.07. The van der Waals surface area contributed by atoms with Gasteiger partial charge in [0.1, 0.15) is 28.3 Å². The Morgan fingerprint density at radius 1 is 1.09 bits per heavy atom. The second-order valence-corrected chi connectivity index (χ2v) is 11.5. The van der Waals surface area contributed by atoms with E-state index in [4.69, 9.17) is 9.47 Å². The first-order valence-electron chi connectivity index (χ1n) is 11.4. The largest absolute Gasteiger partial charge is 0.459 e. The maximum atomic E-state index is 13.3. The highest BCUT2D eigenvalue weighted by atomic mass is 32.2. The summed E-state index contributed by atoms with van der Waals surface area (Å²) in [4.78, 5) is 53.6. The Labute approximate surface area is 210 Å². The molecule has 1 aromatic carbocycles. The van der Waals surface area contributed by atoms with Gasteiger partial charge in [0.2, 0.25) is 5.91 Å². The molecule has 0 bridgehead atoms. The first-order valence-corrected chi connectivity index (χ1v) is 12.4. The van der Waals surface area contributed by atoms with E-state index in [9.17, 15) is 19.2 Å². The van der Waals surface area contributed by atoms with E-state index in [1.807, 2.05) is 0 Å². The number of ether oxygens (including phenoxy) is 2. The van der Waals surface area contributed by atoms with Crippen LogP contribution in [0.1, 0.15) is 53.0 Å². The van der Waals surface area contributed by atoms with Crippen LogP contribution in [0.2, 0.25) is 0 Å². The fourth-order valence-corrected chi connectivity index (χ4v) is 5.09. The first-order chi connectivity index (χ1) is 16.2. The van der Waals surface area contributed by atoms with Crippen LogP contribution in [0, 0.1) is 0 Å². The van der Waals surface area contributed by atoms with Gasteiger partial charge in [0, 0.05) is 5.75 Å². The van der Waals surface area contributed by atoms with Crippen LogP contribution in [0.3, 0.4) is 0 Å². The Bertz CT molecular complexity index is 1070. The molecule has 1 unspecified atom stereocenters. The number of esters is 2. The van der Waals surface area contributed by atoms with Crippen LogP contribution in [-0.2, 0) is 28.7 Å². The number of carbonyl (C=O) groups is 4. The minimum Gasteiger partial charge on any atom is -0.459 e. The molecule has 1 aromatic rings. The predicted molar refractivity (Wildman–Crippen MR) is 133 cm³/mol. The lowest BCUT2D eigenvalue weighted by Gasteiger charge is -2.50. The molecule has 2 heterocycles. The quantitative estimate of drug-likeness (QED) is 0.363. The van der Waals surface area contributed by atoms with Gasteiger partial charge in [-0.2, -0.15) is 0 Å². The van der Waals surface area contributed by atoms with Crippen molar-refractivity contribution in [2.75, 3.05) is 5.75 Å². The molecule has 2 aliphatic heterocycles. The fourth-order valence-electron chi connectivity index (χ4n) is 3.75. The van der Waals surface area contributed by atoms with Gasteiger partial charge in [0.25, 0.3) is 5.91 Å². The molecule has 3 atom stereocenters. The van der Waals surface area contributed by atoms with Crippen LogP contribution < -0.4 is 5.32 Å². The summed E-state index contributed by atoms with van der Waals surface area (Å²) in [6.07, 6.45) is 1.54. The maximum absolute atomic E-state index is 13.3. The monoisotopic (exact) mass is 500 g/mol. The summed E-state index contributed by atoms with van der Waals surface area (Å²) in [5.41, 5.74) is -0.340. The normalized spacial score (nSPS) is 20.9. The van der Waals surface area contributed by atoms with E-state index >= 15 is 0 Å². The maximum Gasteiger partial charge on any atom is 0.355 e. The second kappa shape index (κ2) is 9.89. The zero-order valence-electron chi connectivity index (χ0n) is 20.9. The Morgan fingerprint density at radius 3 is 2.23 bits per heavy atom. The smallest absolute Gasteiger partial charge is 0.355 e. The summed E-state index contributed by atoms with van der Waals surface area (Å²) < 4.78 is 11.0. The minimum absolute atomic E-state index is 0.140. The number of thioether (sulfide) groups is 1. The molecule has 1 fully saturated rings. The number of allylic oxidation sites excluding steroid dienone is 1. The highest BCUT2D eigenvalue weighted by Crippen LogP contribution is 2.41. The van der Waals surface area contributed by atoms with E-state index in [1.165, 1.54) is 22.7 Å². The van der Waals surface area contributed by atoms with Gasteiger partial charge in [0.05, 0.1) is 0 Å². The van der Waals surface area contributed by atoms with E-state index in [1.54, 1.807) is 71.9 Å². The van der Waals surface area contributed by atoms with Crippen molar-refractivity contribution in [1.82, 2.24) is 10.2 Å². The van der Waals surface area contributed by atoms with Gasteiger partial charge in [-0.05, 0) is 52.7 Å². The molecule has 1 N–H and O–H groups in total. The molecular weight excluding hydrogens is 468 g/mol. The number of rotatable bonds is 6. The number of β-lactam (4-membered cyclic amide) rings is 1. The molecule has 0 saturated carbocycles. The summed E-state index contributed by atoms with van der Waals surface area (Å²) in [7, 11) is 0. The third kappa shape index (κ3) is 5.96. The van der Waals surface area contributed by atoms with Crippen LogP contribution in [0.15, 0.2) is 54.3 Å². The molecule has 3 rings (SSSR count). The average molecular weight is 501 g/mol. The van der Waals surface area contributed by atoms with Crippen LogP contribution in [-0.4, -0.2) is 57.0 Å². The molecule has 0 radical (unpaired) electrons. The van der Waals surface area contributed by atoms with Gasteiger partial charge < -0.3 is 14.8 Å². The third-order valence-electron chi connectivity index (χ3n) is 5.17. The molecule has 188 valence electrons. The van der Waals surface area contributed by atoms with Gasteiger partial charge in [0.15, 0.2) is 5.92 Å². The summed E-state index contributed by atoms with van der Waals surface area (Å²) in [6.45, 7) is 14.2. The molecular formula is C26H32N2O6S. The van der Waals surface area contributed by atoms with Gasteiger partial charge in [-0.3, -0.25) is 19.3 Å². The molecule has 0 aliphatic carbocycles. The first kappa shape index (κ1) is 26.5. The van der Waals surface area contributed by atoms with Crippen molar-refractivity contribution in [3.63, 3.8) is 0 Å². The van der Waals surface area contributed by atoms with Crippen LogP contribution in [0.5, 0.6) is 0 Å². The molecule has 35 heavy (non-hydrogen) atoms. The van der Waals surface area contributed by atoms with E-state index in [-0.39, 0.29) is 5.70 Å². The summed E-state index contributed by atoms with van der Waals surface area (Å²) in [6, 6.07) is 7.66. The van der Waals surface area contributed by atoms with Gasteiger partial charge in [-0.1, -0.05) is 43.0 Å². The molecule has 2 amide bonds. The number of nitrogens with zero attached hydrogens (tertiary/aromatic N) is 1. The van der Waals surface area contributed by atoms with Crippen molar-refractivity contribution in [2.45, 2.75) is 70.1 Å². The van der Waals surface area contributed by atoms with Crippen molar-refractivity contribution in [3.8, 4) is 0 Å². The lowest BCUT2D eigenvalue weighted by molar-refractivity contribution is -0.161. The van der Waals surface area contributed by atoms with Gasteiger partial charge >= 0.3 is 11.9 Å². The lowest BCUT2D eigenvalue weighted by atomic mass is 9.96. The molecule has 0 spiro atoms. The summed E-state index contributed by atoms with van der Waals surface area (Å²) in [5, 5.41) is 2.21. The SMILES string of the molecule is C=CC1=C(C(=O)OC(C)(C)C)N2C(=O)[C@@H](NC(=O)C(C(=O)OC(C)(C)C)c3ccccc3)[C@@H]2SC1. The van der Waals surface area contributed by atoms with Crippen molar-refractivity contribution < 1.29 is 28.7 Å². The summed E-state index contributed by atoms with van der Waals surface area (Å²) in [5.74, 6) is -3.23. The molecule has 2 aliphatic rings. The Morgan fingerprint density at radius 2 is 1.69 bits per heavy atom. The number of hydrogen-bond acceptors (Lipinski definition) is 7. The number of benzene rings is 1. The fraction of sp³-hybridized carbons (Fsp3) is 0.462. The number of carbonyl (C=O) groups excluding carboxylic acids is 4. The van der Waals surface area contributed by atoms with E-state index in [2.05, 4.69) is 11.9 Å². The number of fused-ring (bicyclic) bond motifs is 1. The topological polar surface area (TPSA) is 102 Å². The van der Waals surface area contributed by atoms with Crippen molar-refractivity contribution in [1.29, 1.82) is 0 Å². The van der Waals surface area contributed by atoms with Gasteiger partial charge in [-0.25, -0.2) is 4.79 Å². The number of hydrogen-bond donors (Lipinski definition) is 1.